The first-order chi connectivity index (χ1) is 41.4. The summed E-state index contributed by atoms with van der Waals surface area (Å²) in [5.74, 6) is 2.51. The van der Waals surface area contributed by atoms with Gasteiger partial charge in [-0.1, -0.05) is 106 Å². The summed E-state index contributed by atoms with van der Waals surface area (Å²) in [6.45, 7) is 46.7. The van der Waals surface area contributed by atoms with Gasteiger partial charge in [0, 0.05) is 36.5 Å². The van der Waals surface area contributed by atoms with E-state index in [1.807, 2.05) is 0 Å². The SMILES string of the molecule is C=C1C(C)=CC(=[N+]2CCNCC2)C=C1C.C=C1C(C)=CC(=[N+]2CCSCC2)C=C1C.C=C1C=CC(=[N+]2CCOCC2)c2ccccc21.C=C1C=CC(=[N+]2CCOCC2)c2ccccc21.C=C1c2ccccc2C(=[N+]2CCOCC2)c2ccccc21. The van der Waals surface area contributed by atoms with E-state index < -0.39 is 0 Å². The van der Waals surface area contributed by atoms with Crippen LogP contribution in [0.1, 0.15) is 72.2 Å². The van der Waals surface area contributed by atoms with Crippen LogP contribution in [-0.2, 0) is 14.2 Å². The summed E-state index contributed by atoms with van der Waals surface area (Å²) in [6, 6.07) is 34.1. The van der Waals surface area contributed by atoms with E-state index in [4.69, 9.17) is 14.2 Å². The Bertz CT molecular complexity index is 3360. The van der Waals surface area contributed by atoms with Crippen molar-refractivity contribution in [3.63, 3.8) is 0 Å². The number of benzene rings is 4. The van der Waals surface area contributed by atoms with Gasteiger partial charge in [-0.3, -0.25) is 0 Å². The molecule has 0 atom stereocenters. The first-order valence-corrected chi connectivity index (χ1v) is 31.7. The molecular weight excluding hydrogens is 1060 g/mol. The lowest BCUT2D eigenvalue weighted by Crippen LogP contribution is -2.40. The van der Waals surface area contributed by atoms with E-state index >= 15 is 0 Å². The molecule has 5 fully saturated rings. The van der Waals surface area contributed by atoms with E-state index in [0.29, 0.717) is 0 Å². The second-order valence-corrected chi connectivity index (χ2v) is 24.0. The quantitative estimate of drug-likeness (QED) is 0.157. The highest BCUT2D eigenvalue weighted by Gasteiger charge is 2.32. The number of rotatable bonds is 0. The molecule has 10 aliphatic rings. The summed E-state index contributed by atoms with van der Waals surface area (Å²) in [7, 11) is 0. The van der Waals surface area contributed by atoms with Crippen LogP contribution in [0, 0.1) is 0 Å². The van der Waals surface area contributed by atoms with Gasteiger partial charge >= 0.3 is 0 Å². The average Bonchev–Trinajstić information content (AvgIpc) is 2.51. The van der Waals surface area contributed by atoms with Crippen LogP contribution < -0.4 is 5.32 Å². The number of nitrogens with zero attached hydrogens (tertiary/aromatic N) is 5. The van der Waals surface area contributed by atoms with Crippen molar-refractivity contribution in [3.05, 3.63) is 257 Å². The molecule has 0 radical (unpaired) electrons. The van der Waals surface area contributed by atoms with E-state index in [0.717, 1.165) is 122 Å². The molecule has 0 unspecified atom stereocenters. The minimum absolute atomic E-state index is 0.800. The number of nitrogens with one attached hydrogen (secondary N) is 1. The van der Waals surface area contributed by atoms with Crippen LogP contribution >= 0.6 is 11.8 Å². The first kappa shape index (κ1) is 60.7. The van der Waals surface area contributed by atoms with E-state index in [1.165, 1.54) is 131 Å². The molecule has 10 heteroatoms. The van der Waals surface area contributed by atoms with Crippen LogP contribution in [0.25, 0.3) is 16.7 Å². The molecule has 5 aliphatic carbocycles. The number of piperazine rings is 1. The third-order valence-corrected chi connectivity index (χ3v) is 18.2. The standard InChI is InChI=1S/C19H18NO.2C15H16NO.C13H19N2.C13H18NS/c1-14-15-6-2-4-8-17(15)19(20-10-12-21-13-11-20)18-9-5-3-7-16(14)18;2*1-12-6-7-15(16-8-10-17-11-9-16)14-5-3-2-4-13(12)14;1-10-8-13(9-11(2)12(10)3)15-6-4-14-5-7-15;1-10-8-13(9-11(2)12(10)3)14-4-6-15-7-5-14/h2-9H,1,10-13H2;2*2-7H,1,8-11H2;8-9,14H,3-7H2,1-2H3;8-9H,3-7H2,1-2H3/q5*+1. The highest BCUT2D eigenvalue weighted by molar-refractivity contribution is 7.99. The Hall–Kier alpha value is -7.44. The zero-order chi connectivity index (χ0) is 59.2. The molecule has 85 heavy (non-hydrogen) atoms. The Morgan fingerprint density at radius 3 is 1.07 bits per heavy atom. The van der Waals surface area contributed by atoms with Gasteiger partial charge in [-0.15, -0.1) is 11.8 Å². The Balaban J connectivity index is 0.000000119. The predicted molar refractivity (Wildman–Crippen MR) is 358 cm³/mol. The zero-order valence-corrected chi connectivity index (χ0v) is 51.7. The summed E-state index contributed by atoms with van der Waals surface area (Å²) < 4.78 is 28.5. The fourth-order valence-electron chi connectivity index (χ4n) is 12.2. The second kappa shape index (κ2) is 29.1. The Morgan fingerprint density at radius 1 is 0.353 bits per heavy atom. The van der Waals surface area contributed by atoms with Crippen molar-refractivity contribution < 1.29 is 37.1 Å². The smallest absolute Gasteiger partial charge is 0.215 e. The van der Waals surface area contributed by atoms with Gasteiger partial charge in [-0.2, -0.15) is 0 Å². The lowest BCUT2D eigenvalue weighted by molar-refractivity contribution is -0.548. The molecule has 436 valence electrons. The molecule has 0 spiro atoms. The minimum atomic E-state index is 0.800. The Kier molecular flexibility index (Phi) is 20.8. The van der Waals surface area contributed by atoms with Crippen molar-refractivity contribution in [1.29, 1.82) is 0 Å². The lowest BCUT2D eigenvalue weighted by atomic mass is 9.81. The van der Waals surface area contributed by atoms with Crippen LogP contribution in [0.4, 0.5) is 0 Å². The maximum atomic E-state index is 5.52. The molecule has 4 aromatic rings. The van der Waals surface area contributed by atoms with Crippen molar-refractivity contribution in [2.75, 3.05) is 130 Å². The summed E-state index contributed by atoms with van der Waals surface area (Å²) in [5.41, 5.74) is 27.7. The average molecular weight is 1150 g/mol. The topological polar surface area (TPSA) is 54.8 Å². The highest BCUT2D eigenvalue weighted by Crippen LogP contribution is 2.35. The van der Waals surface area contributed by atoms with Crippen molar-refractivity contribution in [1.82, 2.24) is 5.32 Å². The second-order valence-electron chi connectivity index (χ2n) is 22.7. The third-order valence-electron chi connectivity index (χ3n) is 17.2. The number of hydrogen-bond donors (Lipinski definition) is 1. The van der Waals surface area contributed by atoms with Gasteiger partial charge in [-0.05, 0) is 137 Å². The fourth-order valence-corrected chi connectivity index (χ4v) is 13.1. The molecule has 0 amide bonds. The van der Waals surface area contributed by atoms with Gasteiger partial charge < -0.3 is 19.5 Å². The molecule has 4 aromatic carbocycles. The maximum absolute atomic E-state index is 5.52. The van der Waals surface area contributed by atoms with Crippen LogP contribution in [0.5, 0.6) is 0 Å². The number of fused-ring (bicyclic) bond motifs is 4. The van der Waals surface area contributed by atoms with Gasteiger partial charge in [0.1, 0.15) is 39.6 Å². The molecule has 1 N–H and O–H groups in total. The number of morpholine rings is 3. The summed E-state index contributed by atoms with van der Waals surface area (Å²) in [6.07, 6.45) is 17.6. The van der Waals surface area contributed by atoms with Crippen LogP contribution in [0.2, 0.25) is 0 Å². The summed E-state index contributed by atoms with van der Waals surface area (Å²) in [4.78, 5) is 0. The van der Waals surface area contributed by atoms with Gasteiger partial charge in [0.2, 0.25) is 28.6 Å². The fraction of sp³-hybridized carbons (Fsp3) is 0.320. The molecule has 0 saturated carbocycles. The van der Waals surface area contributed by atoms with E-state index in [1.54, 1.807) is 0 Å². The monoisotopic (exact) mass is 1150 g/mol. The van der Waals surface area contributed by atoms with Crippen molar-refractivity contribution >= 4 is 57.0 Å². The van der Waals surface area contributed by atoms with E-state index in [-0.39, 0.29) is 0 Å². The van der Waals surface area contributed by atoms with Gasteiger partial charge in [0.05, 0.1) is 46.8 Å². The highest BCUT2D eigenvalue weighted by atomic mass is 32.2. The normalized spacial score (nSPS) is 20.1. The first-order valence-electron chi connectivity index (χ1n) is 30.5. The molecule has 14 rings (SSSR count). The third kappa shape index (κ3) is 14.6. The zero-order valence-electron chi connectivity index (χ0n) is 50.9. The molecule has 0 bridgehead atoms. The van der Waals surface area contributed by atoms with E-state index in [9.17, 15) is 0 Å². The summed E-state index contributed by atoms with van der Waals surface area (Å²) >= 11 is 2.05. The van der Waals surface area contributed by atoms with Gasteiger partial charge in [-0.25, -0.2) is 22.9 Å². The number of allylic oxidation sites excluding steroid dienone is 16. The molecule has 5 aliphatic heterocycles. The van der Waals surface area contributed by atoms with Crippen molar-refractivity contribution in [2.24, 2.45) is 0 Å². The number of thioether (sulfide) groups is 1. The Labute approximate surface area is 510 Å². The van der Waals surface area contributed by atoms with Gasteiger partial charge in [0.15, 0.2) is 65.4 Å². The lowest BCUT2D eigenvalue weighted by Gasteiger charge is -2.24. The largest absolute Gasteiger partial charge is 0.368 e. The molecular formula is C75H87N6O3S+5. The molecule has 0 aromatic heterocycles. The summed E-state index contributed by atoms with van der Waals surface area (Å²) in [5, 5.41) is 3.37. The molecule has 9 nitrogen and oxygen atoms in total. The van der Waals surface area contributed by atoms with Crippen LogP contribution in [-0.4, -0.2) is 181 Å². The predicted octanol–water partition coefficient (Wildman–Crippen LogP) is 11.3. The van der Waals surface area contributed by atoms with Gasteiger partial charge in [0.25, 0.3) is 0 Å². The maximum Gasteiger partial charge on any atom is 0.215 e. The Morgan fingerprint density at radius 2 is 0.682 bits per heavy atom. The minimum Gasteiger partial charge on any atom is -0.368 e. The molecule has 5 heterocycles. The molecule has 5 saturated heterocycles. The van der Waals surface area contributed by atoms with Crippen molar-refractivity contribution in [3.8, 4) is 0 Å². The van der Waals surface area contributed by atoms with E-state index in [2.05, 4.69) is 246 Å². The van der Waals surface area contributed by atoms with Crippen molar-refractivity contribution in [2.45, 2.75) is 27.7 Å². The number of ether oxygens (including phenoxy) is 3. The van der Waals surface area contributed by atoms with Crippen LogP contribution in [0.3, 0.4) is 0 Å². The number of hydrogen-bond acceptors (Lipinski definition) is 5. The van der Waals surface area contributed by atoms with Crippen LogP contribution in [0.15, 0.2) is 212 Å².